The summed E-state index contributed by atoms with van der Waals surface area (Å²) in [4.78, 5) is 7.42. The summed E-state index contributed by atoms with van der Waals surface area (Å²) in [6.45, 7) is 14.5. The monoisotopic (exact) mass is 281 g/mol. The van der Waals surface area contributed by atoms with Gasteiger partial charge in [-0.15, -0.1) is 11.3 Å². The molecule has 0 aliphatic carbocycles. The van der Waals surface area contributed by atoms with Gasteiger partial charge in [0.1, 0.15) is 5.01 Å². The van der Waals surface area contributed by atoms with Crippen LogP contribution in [0.1, 0.15) is 51.7 Å². The Hall–Kier alpha value is -0.450. The summed E-state index contributed by atoms with van der Waals surface area (Å²) >= 11 is 1.81. The molecule has 19 heavy (non-hydrogen) atoms. The smallest absolute Gasteiger partial charge is 0.107 e. The third-order valence-electron chi connectivity index (χ3n) is 3.86. The molecule has 1 fully saturated rings. The molecule has 2 unspecified atom stereocenters. The van der Waals surface area contributed by atoms with Crippen LogP contribution in [0, 0.1) is 0 Å². The first-order valence-electron chi connectivity index (χ1n) is 7.32. The first kappa shape index (κ1) is 14.9. The third-order valence-corrected chi connectivity index (χ3v) is 4.69. The second kappa shape index (κ2) is 5.90. The maximum absolute atomic E-state index is 4.83. The van der Waals surface area contributed by atoms with Crippen molar-refractivity contribution in [3.8, 4) is 0 Å². The largest absolute Gasteiger partial charge is 0.311 e. The fourth-order valence-corrected chi connectivity index (χ4v) is 3.57. The van der Waals surface area contributed by atoms with Crippen LogP contribution in [0.5, 0.6) is 0 Å². The fraction of sp³-hybridized carbons (Fsp3) is 0.800. The van der Waals surface area contributed by atoms with E-state index >= 15 is 0 Å². The van der Waals surface area contributed by atoms with Gasteiger partial charge >= 0.3 is 0 Å². The van der Waals surface area contributed by atoms with Gasteiger partial charge < -0.3 is 5.32 Å². The van der Waals surface area contributed by atoms with Crippen molar-refractivity contribution in [2.24, 2.45) is 0 Å². The number of hydrogen-bond acceptors (Lipinski definition) is 4. The van der Waals surface area contributed by atoms with E-state index in [1.54, 1.807) is 0 Å². The van der Waals surface area contributed by atoms with E-state index in [4.69, 9.17) is 4.98 Å². The number of hydrogen-bond donors (Lipinski definition) is 1. The van der Waals surface area contributed by atoms with Gasteiger partial charge in [-0.3, -0.25) is 4.90 Å². The van der Waals surface area contributed by atoms with Crippen LogP contribution in [-0.2, 0) is 12.0 Å². The normalized spacial score (nSPS) is 25.7. The molecular weight excluding hydrogens is 254 g/mol. The molecule has 1 saturated heterocycles. The van der Waals surface area contributed by atoms with Crippen molar-refractivity contribution in [3.05, 3.63) is 16.1 Å². The molecule has 2 rings (SSSR count). The predicted molar refractivity (Wildman–Crippen MR) is 82.8 cm³/mol. The molecule has 1 aromatic rings. The molecule has 0 radical (unpaired) electrons. The number of nitrogens with zero attached hydrogens (tertiary/aromatic N) is 2. The van der Waals surface area contributed by atoms with Crippen molar-refractivity contribution in [2.75, 3.05) is 13.1 Å². The minimum Gasteiger partial charge on any atom is -0.311 e. The first-order chi connectivity index (χ1) is 8.90. The highest BCUT2D eigenvalue weighted by molar-refractivity contribution is 7.09. The highest BCUT2D eigenvalue weighted by atomic mass is 32.1. The minimum absolute atomic E-state index is 0.162. The molecule has 2 heterocycles. The van der Waals surface area contributed by atoms with E-state index in [0.29, 0.717) is 12.1 Å². The third kappa shape index (κ3) is 3.77. The number of aromatic nitrogens is 1. The SMILES string of the molecule is CCC1CNC(C)CN1Cc1nc(C(C)(C)C)cs1. The summed E-state index contributed by atoms with van der Waals surface area (Å²) < 4.78 is 0. The average molecular weight is 281 g/mol. The Morgan fingerprint density at radius 2 is 2.21 bits per heavy atom. The van der Waals surface area contributed by atoms with Gasteiger partial charge in [0.05, 0.1) is 12.2 Å². The van der Waals surface area contributed by atoms with Crippen LogP contribution in [0.25, 0.3) is 0 Å². The topological polar surface area (TPSA) is 28.2 Å². The Bertz CT molecular complexity index is 408. The van der Waals surface area contributed by atoms with Gasteiger partial charge in [-0.05, 0) is 13.3 Å². The molecule has 4 heteroatoms. The Balaban J connectivity index is 2.04. The molecule has 108 valence electrons. The summed E-state index contributed by atoms with van der Waals surface area (Å²) in [5.41, 5.74) is 1.39. The second-order valence-electron chi connectivity index (χ2n) is 6.68. The highest BCUT2D eigenvalue weighted by Gasteiger charge is 2.26. The second-order valence-corrected chi connectivity index (χ2v) is 7.62. The van der Waals surface area contributed by atoms with E-state index in [9.17, 15) is 0 Å². The molecule has 0 amide bonds. The van der Waals surface area contributed by atoms with Crippen LogP contribution < -0.4 is 5.32 Å². The summed E-state index contributed by atoms with van der Waals surface area (Å²) in [6.07, 6.45) is 1.21. The lowest BCUT2D eigenvalue weighted by atomic mass is 9.93. The van der Waals surface area contributed by atoms with E-state index in [0.717, 1.165) is 19.6 Å². The summed E-state index contributed by atoms with van der Waals surface area (Å²) in [6, 6.07) is 1.24. The number of rotatable bonds is 3. The molecule has 0 bridgehead atoms. The van der Waals surface area contributed by atoms with Crippen LogP contribution >= 0.6 is 11.3 Å². The Morgan fingerprint density at radius 3 is 2.79 bits per heavy atom. The molecule has 1 aliphatic heterocycles. The molecule has 0 spiro atoms. The number of thiazole rings is 1. The maximum atomic E-state index is 4.83. The molecule has 2 atom stereocenters. The van der Waals surface area contributed by atoms with E-state index in [1.807, 2.05) is 11.3 Å². The van der Waals surface area contributed by atoms with Gasteiger partial charge in [-0.25, -0.2) is 4.98 Å². The molecule has 1 aliphatic rings. The standard InChI is InChI=1S/C15H27N3S/c1-6-12-7-16-11(2)8-18(12)9-14-17-13(10-19-14)15(3,4)5/h10-12,16H,6-9H2,1-5H3. The van der Waals surface area contributed by atoms with Crippen LogP contribution in [-0.4, -0.2) is 35.1 Å². The zero-order chi connectivity index (χ0) is 14.0. The molecule has 0 aromatic carbocycles. The van der Waals surface area contributed by atoms with Crippen LogP contribution in [0.4, 0.5) is 0 Å². The van der Waals surface area contributed by atoms with Gasteiger partial charge in [-0.1, -0.05) is 27.7 Å². The predicted octanol–water partition coefficient (Wildman–Crippen LogP) is 3.01. The summed E-state index contributed by atoms with van der Waals surface area (Å²) in [7, 11) is 0. The van der Waals surface area contributed by atoms with Crippen molar-refractivity contribution in [3.63, 3.8) is 0 Å². The Morgan fingerprint density at radius 1 is 1.47 bits per heavy atom. The van der Waals surface area contributed by atoms with E-state index < -0.39 is 0 Å². The molecular formula is C15H27N3S. The van der Waals surface area contributed by atoms with Gasteiger partial charge in [0, 0.05) is 36.0 Å². The van der Waals surface area contributed by atoms with Gasteiger partial charge in [0.25, 0.3) is 0 Å². The average Bonchev–Trinajstić information content (AvgIpc) is 2.77. The molecule has 3 nitrogen and oxygen atoms in total. The van der Waals surface area contributed by atoms with Crippen LogP contribution in [0.2, 0.25) is 0 Å². The van der Waals surface area contributed by atoms with Crippen LogP contribution in [0.15, 0.2) is 5.38 Å². The van der Waals surface area contributed by atoms with E-state index in [2.05, 4.69) is 50.2 Å². The van der Waals surface area contributed by atoms with Crippen molar-refractivity contribution in [2.45, 2.75) is 65.1 Å². The quantitative estimate of drug-likeness (QED) is 0.923. The van der Waals surface area contributed by atoms with Gasteiger partial charge in [0.2, 0.25) is 0 Å². The molecule has 0 saturated carbocycles. The highest BCUT2D eigenvalue weighted by Crippen LogP contribution is 2.25. The molecule has 1 aromatic heterocycles. The van der Waals surface area contributed by atoms with Crippen molar-refractivity contribution in [1.29, 1.82) is 0 Å². The Kier molecular flexibility index (Phi) is 4.64. The fourth-order valence-electron chi connectivity index (χ4n) is 2.53. The van der Waals surface area contributed by atoms with Gasteiger partial charge in [-0.2, -0.15) is 0 Å². The van der Waals surface area contributed by atoms with E-state index in [-0.39, 0.29) is 5.41 Å². The van der Waals surface area contributed by atoms with Crippen molar-refractivity contribution in [1.82, 2.24) is 15.2 Å². The summed E-state index contributed by atoms with van der Waals surface area (Å²) in [5.74, 6) is 0. The zero-order valence-electron chi connectivity index (χ0n) is 12.9. The number of nitrogens with one attached hydrogen (secondary N) is 1. The van der Waals surface area contributed by atoms with Crippen molar-refractivity contribution < 1.29 is 0 Å². The Labute approximate surface area is 121 Å². The first-order valence-corrected chi connectivity index (χ1v) is 8.20. The molecule has 1 N–H and O–H groups in total. The number of piperazine rings is 1. The lowest BCUT2D eigenvalue weighted by Crippen LogP contribution is -2.54. The minimum atomic E-state index is 0.162. The lowest BCUT2D eigenvalue weighted by molar-refractivity contribution is 0.124. The summed E-state index contributed by atoms with van der Waals surface area (Å²) in [5, 5.41) is 7.06. The van der Waals surface area contributed by atoms with Crippen molar-refractivity contribution >= 4 is 11.3 Å². The lowest BCUT2D eigenvalue weighted by Gasteiger charge is -2.38. The van der Waals surface area contributed by atoms with Crippen LogP contribution in [0.3, 0.4) is 0 Å². The zero-order valence-corrected chi connectivity index (χ0v) is 13.7. The van der Waals surface area contributed by atoms with E-state index in [1.165, 1.54) is 17.1 Å². The van der Waals surface area contributed by atoms with Gasteiger partial charge in [0.15, 0.2) is 0 Å². The maximum Gasteiger partial charge on any atom is 0.107 e.